The van der Waals surface area contributed by atoms with Gasteiger partial charge in [-0.3, -0.25) is 4.57 Å². The molecule has 0 aromatic carbocycles. The minimum absolute atomic E-state index is 0.220. The molecule has 1 rings (SSSR count). The Kier molecular flexibility index (Phi) is 4.32. The Morgan fingerprint density at radius 2 is 2.07 bits per heavy atom. The van der Waals surface area contributed by atoms with E-state index in [1.54, 1.807) is 20.0 Å². The Hall–Kier alpha value is -0.640. The van der Waals surface area contributed by atoms with E-state index in [4.69, 9.17) is 9.05 Å². The summed E-state index contributed by atoms with van der Waals surface area (Å²) < 4.78 is 22.2. The average molecular weight is 218 g/mol. The topological polar surface area (TPSA) is 64.2 Å². The average Bonchev–Trinajstić information content (AvgIpc) is 2.57. The summed E-state index contributed by atoms with van der Waals surface area (Å²) in [6, 6.07) is 0. The van der Waals surface area contributed by atoms with Gasteiger partial charge in [-0.25, -0.2) is 4.98 Å². The zero-order chi connectivity index (χ0) is 10.4. The molecule has 1 heterocycles. The lowest BCUT2D eigenvalue weighted by atomic mass is 10.6. The molecule has 0 spiro atoms. The minimum Gasteiger partial charge on any atom is -0.351 e. The van der Waals surface area contributed by atoms with Crippen LogP contribution in [0.4, 0.5) is 0 Å². The van der Waals surface area contributed by atoms with Crippen molar-refractivity contribution < 1.29 is 13.6 Å². The quantitative estimate of drug-likeness (QED) is 0.743. The van der Waals surface area contributed by atoms with Crippen LogP contribution in [0.3, 0.4) is 0 Å². The third-order valence-corrected chi connectivity index (χ3v) is 3.58. The highest BCUT2D eigenvalue weighted by Crippen LogP contribution is 2.50. The van der Waals surface area contributed by atoms with Gasteiger partial charge in [0.2, 0.25) is 0 Å². The number of H-pyrrole nitrogens is 1. The Morgan fingerprint density at radius 3 is 2.50 bits per heavy atom. The van der Waals surface area contributed by atoms with Gasteiger partial charge in [-0.15, -0.1) is 0 Å². The number of aromatic nitrogens is 2. The van der Waals surface area contributed by atoms with Crippen LogP contribution in [0.15, 0.2) is 12.5 Å². The first-order valence-corrected chi connectivity index (χ1v) is 6.28. The molecule has 0 aliphatic heterocycles. The van der Waals surface area contributed by atoms with Crippen LogP contribution < -0.4 is 0 Å². The van der Waals surface area contributed by atoms with E-state index in [-0.39, 0.29) is 6.16 Å². The third kappa shape index (κ3) is 3.25. The Balaban J connectivity index is 2.64. The second kappa shape index (κ2) is 5.29. The lowest BCUT2D eigenvalue weighted by molar-refractivity contribution is 0.219. The van der Waals surface area contributed by atoms with E-state index in [9.17, 15) is 4.57 Å². The molecular formula is C8H15N2O3P. The summed E-state index contributed by atoms with van der Waals surface area (Å²) in [5.41, 5.74) is 0.690. The van der Waals surface area contributed by atoms with E-state index in [0.29, 0.717) is 18.9 Å². The van der Waals surface area contributed by atoms with Crippen LogP contribution in [0.5, 0.6) is 0 Å². The van der Waals surface area contributed by atoms with Gasteiger partial charge < -0.3 is 14.0 Å². The van der Waals surface area contributed by atoms with E-state index in [0.717, 1.165) is 0 Å². The lowest BCUT2D eigenvalue weighted by Crippen LogP contribution is -1.99. The van der Waals surface area contributed by atoms with Crippen LogP contribution in [-0.4, -0.2) is 23.2 Å². The lowest BCUT2D eigenvalue weighted by Gasteiger charge is -2.15. The third-order valence-electron chi connectivity index (χ3n) is 1.56. The van der Waals surface area contributed by atoms with Crippen LogP contribution in [0.1, 0.15) is 19.5 Å². The number of hydrogen-bond acceptors (Lipinski definition) is 4. The van der Waals surface area contributed by atoms with Crippen LogP contribution in [0, 0.1) is 0 Å². The summed E-state index contributed by atoms with van der Waals surface area (Å²) in [6.07, 6.45) is 3.44. The second-order valence-electron chi connectivity index (χ2n) is 2.67. The predicted octanol–water partition coefficient (Wildman–Crippen LogP) is 2.18. The van der Waals surface area contributed by atoms with Gasteiger partial charge in [-0.2, -0.15) is 0 Å². The molecule has 1 aromatic heterocycles. The molecule has 80 valence electrons. The molecular weight excluding hydrogens is 203 g/mol. The molecule has 0 radical (unpaired) electrons. The van der Waals surface area contributed by atoms with Crippen molar-refractivity contribution in [2.75, 3.05) is 13.2 Å². The number of rotatable bonds is 6. The molecule has 0 atom stereocenters. The predicted molar refractivity (Wildman–Crippen MR) is 53.2 cm³/mol. The van der Waals surface area contributed by atoms with Crippen molar-refractivity contribution in [3.63, 3.8) is 0 Å². The fourth-order valence-electron chi connectivity index (χ4n) is 1.10. The van der Waals surface area contributed by atoms with Gasteiger partial charge in [0.25, 0.3) is 0 Å². The molecule has 6 heteroatoms. The summed E-state index contributed by atoms with van der Waals surface area (Å²) in [5.74, 6) is 0. The van der Waals surface area contributed by atoms with Crippen LogP contribution in [0.2, 0.25) is 0 Å². The molecule has 0 fully saturated rings. The fraction of sp³-hybridized carbons (Fsp3) is 0.625. The number of nitrogens with one attached hydrogen (secondary N) is 1. The maximum absolute atomic E-state index is 12.0. The molecule has 1 aromatic rings. The molecule has 5 nitrogen and oxygen atoms in total. The minimum atomic E-state index is -2.99. The monoisotopic (exact) mass is 218 g/mol. The molecule has 0 aliphatic rings. The molecule has 0 amide bonds. The molecule has 0 unspecified atom stereocenters. The second-order valence-corrected chi connectivity index (χ2v) is 4.72. The van der Waals surface area contributed by atoms with Gasteiger partial charge in [0.05, 0.1) is 31.4 Å². The molecule has 1 N–H and O–H groups in total. The highest BCUT2D eigenvalue weighted by Gasteiger charge is 2.24. The summed E-state index contributed by atoms with van der Waals surface area (Å²) in [4.78, 5) is 6.77. The van der Waals surface area contributed by atoms with Gasteiger partial charge in [0.15, 0.2) is 0 Å². The maximum atomic E-state index is 12.0. The van der Waals surface area contributed by atoms with Gasteiger partial charge in [0.1, 0.15) is 0 Å². The standard InChI is InChI=1S/C8H15N2O3P/c1-3-12-14(11,13-4-2)6-8-5-9-7-10-8/h5,7H,3-4,6H2,1-2H3,(H,9,10). The fourth-order valence-corrected chi connectivity index (χ4v) is 2.71. The largest absolute Gasteiger partial charge is 0.351 e. The Bertz CT molecular complexity index is 290. The zero-order valence-electron chi connectivity index (χ0n) is 8.40. The number of imidazole rings is 1. The molecule has 14 heavy (non-hydrogen) atoms. The van der Waals surface area contributed by atoms with Crippen LogP contribution >= 0.6 is 7.60 Å². The summed E-state index contributed by atoms with van der Waals surface area (Å²) >= 11 is 0. The summed E-state index contributed by atoms with van der Waals surface area (Å²) in [7, 11) is -2.99. The summed E-state index contributed by atoms with van der Waals surface area (Å²) in [5, 5.41) is 0. The van der Waals surface area contributed by atoms with Crippen molar-refractivity contribution in [2.24, 2.45) is 0 Å². The Morgan fingerprint density at radius 1 is 1.43 bits per heavy atom. The van der Waals surface area contributed by atoms with E-state index < -0.39 is 7.60 Å². The number of nitrogens with zero attached hydrogens (tertiary/aromatic N) is 1. The maximum Gasteiger partial charge on any atom is 0.336 e. The van der Waals surface area contributed by atoms with E-state index >= 15 is 0 Å². The first-order valence-electron chi connectivity index (χ1n) is 4.56. The van der Waals surface area contributed by atoms with Gasteiger partial charge >= 0.3 is 7.60 Å². The van der Waals surface area contributed by atoms with Crippen molar-refractivity contribution in [3.05, 3.63) is 18.2 Å². The number of aromatic amines is 1. The van der Waals surface area contributed by atoms with E-state index in [2.05, 4.69) is 9.97 Å². The number of hydrogen-bond donors (Lipinski definition) is 1. The van der Waals surface area contributed by atoms with Crippen LogP contribution in [-0.2, 0) is 19.8 Å². The molecule has 0 aliphatic carbocycles. The first-order chi connectivity index (χ1) is 6.70. The van der Waals surface area contributed by atoms with Gasteiger partial charge in [0, 0.05) is 6.20 Å². The highest BCUT2D eigenvalue weighted by atomic mass is 31.2. The normalized spacial score (nSPS) is 11.9. The van der Waals surface area contributed by atoms with Crippen molar-refractivity contribution in [2.45, 2.75) is 20.0 Å². The summed E-state index contributed by atoms with van der Waals surface area (Å²) in [6.45, 7) is 4.33. The highest BCUT2D eigenvalue weighted by molar-refractivity contribution is 7.53. The zero-order valence-corrected chi connectivity index (χ0v) is 9.29. The molecule has 0 saturated carbocycles. The van der Waals surface area contributed by atoms with Gasteiger partial charge in [-0.05, 0) is 13.8 Å². The smallest absolute Gasteiger partial charge is 0.336 e. The van der Waals surface area contributed by atoms with Crippen LogP contribution in [0.25, 0.3) is 0 Å². The van der Waals surface area contributed by atoms with Crippen molar-refractivity contribution >= 4 is 7.60 Å². The van der Waals surface area contributed by atoms with Crippen molar-refractivity contribution in [1.82, 2.24) is 9.97 Å². The SMILES string of the molecule is CCOP(=O)(Cc1c[nH]cn1)OCC. The molecule has 0 saturated heterocycles. The molecule has 0 bridgehead atoms. The van der Waals surface area contributed by atoms with Crippen molar-refractivity contribution in [3.8, 4) is 0 Å². The Labute approximate surface area is 83.4 Å². The van der Waals surface area contributed by atoms with Gasteiger partial charge in [-0.1, -0.05) is 0 Å². The van der Waals surface area contributed by atoms with E-state index in [1.807, 2.05) is 0 Å². The van der Waals surface area contributed by atoms with Crippen molar-refractivity contribution in [1.29, 1.82) is 0 Å². The first kappa shape index (κ1) is 11.4. The van der Waals surface area contributed by atoms with E-state index in [1.165, 1.54) is 6.33 Å².